The second kappa shape index (κ2) is 7.01. The largest absolute Gasteiger partial charge is 0.435 e. The highest BCUT2D eigenvalue weighted by atomic mass is 16.5. The van der Waals surface area contributed by atoms with Crippen LogP contribution in [0.5, 0.6) is 11.6 Å². The smallest absolute Gasteiger partial charge is 0.271 e. The molecular weight excluding hydrogens is 310 g/mol. The third kappa shape index (κ3) is 3.53. The Hall–Kier alpha value is -3.75. The molecule has 0 aliphatic heterocycles. The number of nitrogen functional groups attached to an aromatic ring is 1. The Bertz CT molecular complexity index is 828. The van der Waals surface area contributed by atoms with Gasteiger partial charge in [-0.15, -0.1) is 0 Å². The molecule has 24 heavy (non-hydrogen) atoms. The monoisotopic (exact) mass is 323 g/mol. The lowest BCUT2D eigenvalue weighted by molar-refractivity contribution is 0.0962. The van der Waals surface area contributed by atoms with Crippen LogP contribution in [0.2, 0.25) is 0 Å². The van der Waals surface area contributed by atoms with Crippen molar-refractivity contribution in [2.24, 2.45) is 0 Å². The first-order chi connectivity index (χ1) is 11.7. The standard InChI is InChI=1S/C15H13N7O2/c16-12-13(21-22-14(23)10-3-1-5-17-7-10)19-9-20-15(12)24-11-4-2-6-18-8-11/h1-9H,16H2,(H,22,23)(H,19,20,21). The predicted molar refractivity (Wildman–Crippen MR) is 86.1 cm³/mol. The number of nitrogens with one attached hydrogen (secondary N) is 2. The van der Waals surface area contributed by atoms with Crippen molar-refractivity contribution in [2.45, 2.75) is 0 Å². The third-order valence-corrected chi connectivity index (χ3v) is 2.91. The maximum Gasteiger partial charge on any atom is 0.271 e. The molecule has 0 atom stereocenters. The first-order valence-electron chi connectivity index (χ1n) is 6.89. The van der Waals surface area contributed by atoms with Gasteiger partial charge in [-0.25, -0.2) is 4.98 Å². The number of nitrogens with zero attached hydrogens (tertiary/aromatic N) is 4. The van der Waals surface area contributed by atoms with Crippen molar-refractivity contribution in [1.82, 2.24) is 25.4 Å². The molecule has 3 rings (SSSR count). The molecular formula is C15H13N7O2. The van der Waals surface area contributed by atoms with E-state index in [0.717, 1.165) is 0 Å². The molecule has 1 amide bonds. The second-order valence-corrected chi connectivity index (χ2v) is 4.55. The highest BCUT2D eigenvalue weighted by Crippen LogP contribution is 2.28. The highest BCUT2D eigenvalue weighted by molar-refractivity contribution is 5.94. The van der Waals surface area contributed by atoms with Gasteiger partial charge in [-0.05, 0) is 24.3 Å². The molecule has 3 aromatic rings. The maximum atomic E-state index is 12.0. The minimum absolute atomic E-state index is 0.146. The minimum atomic E-state index is -0.379. The van der Waals surface area contributed by atoms with Crippen LogP contribution in [0.4, 0.5) is 11.5 Å². The number of aromatic nitrogens is 4. The van der Waals surface area contributed by atoms with Crippen molar-refractivity contribution in [3.63, 3.8) is 0 Å². The Kier molecular flexibility index (Phi) is 4.43. The molecule has 0 unspecified atom stereocenters. The molecule has 0 aromatic carbocycles. The number of rotatable bonds is 5. The number of hydrogen-bond acceptors (Lipinski definition) is 8. The van der Waals surface area contributed by atoms with E-state index in [-0.39, 0.29) is 23.3 Å². The van der Waals surface area contributed by atoms with Gasteiger partial charge in [0.2, 0.25) is 5.88 Å². The van der Waals surface area contributed by atoms with Gasteiger partial charge in [-0.2, -0.15) is 4.98 Å². The molecule has 0 bridgehead atoms. The zero-order valence-corrected chi connectivity index (χ0v) is 12.4. The molecule has 0 fully saturated rings. The summed E-state index contributed by atoms with van der Waals surface area (Å²) in [6.07, 6.45) is 7.43. The summed E-state index contributed by atoms with van der Waals surface area (Å²) in [6, 6.07) is 6.73. The summed E-state index contributed by atoms with van der Waals surface area (Å²) >= 11 is 0. The van der Waals surface area contributed by atoms with Crippen LogP contribution < -0.4 is 21.3 Å². The lowest BCUT2D eigenvalue weighted by Gasteiger charge is -2.12. The Morgan fingerprint density at radius 2 is 1.88 bits per heavy atom. The quantitative estimate of drug-likeness (QED) is 0.601. The average molecular weight is 323 g/mol. The Morgan fingerprint density at radius 1 is 1.08 bits per heavy atom. The fourth-order valence-electron chi connectivity index (χ4n) is 1.76. The Labute approximate surface area is 136 Å². The molecule has 0 spiro atoms. The number of nitrogens with two attached hydrogens (primary N) is 1. The average Bonchev–Trinajstić information content (AvgIpc) is 2.64. The first kappa shape index (κ1) is 15.2. The van der Waals surface area contributed by atoms with E-state index in [0.29, 0.717) is 11.3 Å². The van der Waals surface area contributed by atoms with E-state index in [4.69, 9.17) is 10.5 Å². The molecule has 9 heteroatoms. The van der Waals surface area contributed by atoms with E-state index in [1.165, 1.54) is 18.7 Å². The Balaban J connectivity index is 1.70. The van der Waals surface area contributed by atoms with Gasteiger partial charge in [0.05, 0.1) is 11.8 Å². The Morgan fingerprint density at radius 3 is 2.58 bits per heavy atom. The molecule has 9 nitrogen and oxygen atoms in total. The minimum Gasteiger partial charge on any atom is -0.435 e. The van der Waals surface area contributed by atoms with E-state index in [1.54, 1.807) is 36.7 Å². The van der Waals surface area contributed by atoms with E-state index < -0.39 is 0 Å². The number of ether oxygens (including phenoxy) is 1. The van der Waals surface area contributed by atoms with Crippen LogP contribution in [-0.2, 0) is 0 Å². The van der Waals surface area contributed by atoms with Crippen molar-refractivity contribution < 1.29 is 9.53 Å². The predicted octanol–water partition coefficient (Wildman–Crippen LogP) is 1.40. The summed E-state index contributed by atoms with van der Waals surface area (Å²) in [5.74, 6) is 0.460. The molecule has 0 aliphatic rings. The van der Waals surface area contributed by atoms with Crippen LogP contribution >= 0.6 is 0 Å². The van der Waals surface area contributed by atoms with Crippen molar-refractivity contribution in [1.29, 1.82) is 0 Å². The lowest BCUT2D eigenvalue weighted by atomic mass is 10.3. The topological polar surface area (TPSA) is 128 Å². The summed E-state index contributed by atoms with van der Waals surface area (Å²) in [7, 11) is 0. The molecule has 0 saturated carbocycles. The van der Waals surface area contributed by atoms with Crippen molar-refractivity contribution in [2.75, 3.05) is 11.2 Å². The molecule has 4 N–H and O–H groups in total. The number of carbonyl (C=O) groups is 1. The summed E-state index contributed by atoms with van der Waals surface area (Å²) in [5.41, 5.74) is 11.6. The first-order valence-corrected chi connectivity index (χ1v) is 6.89. The van der Waals surface area contributed by atoms with E-state index in [2.05, 4.69) is 30.8 Å². The van der Waals surface area contributed by atoms with Gasteiger partial charge >= 0.3 is 0 Å². The summed E-state index contributed by atoms with van der Waals surface area (Å²) in [4.78, 5) is 27.7. The molecule has 0 saturated heterocycles. The molecule has 3 aromatic heterocycles. The number of amides is 1. The summed E-state index contributed by atoms with van der Waals surface area (Å²) < 4.78 is 5.54. The van der Waals surface area contributed by atoms with Crippen molar-refractivity contribution in [3.05, 3.63) is 60.9 Å². The SMILES string of the molecule is Nc1c(NNC(=O)c2cccnc2)ncnc1Oc1cccnc1. The molecule has 0 aliphatic carbocycles. The van der Waals surface area contributed by atoms with E-state index in [1.807, 2.05) is 0 Å². The van der Waals surface area contributed by atoms with Crippen molar-refractivity contribution >= 4 is 17.4 Å². The van der Waals surface area contributed by atoms with Crippen LogP contribution in [0.3, 0.4) is 0 Å². The summed E-state index contributed by atoms with van der Waals surface area (Å²) in [5, 5.41) is 0. The zero-order chi connectivity index (χ0) is 16.8. The van der Waals surface area contributed by atoms with Gasteiger partial charge in [0.25, 0.3) is 5.91 Å². The molecule has 3 heterocycles. The van der Waals surface area contributed by atoms with E-state index >= 15 is 0 Å². The third-order valence-electron chi connectivity index (χ3n) is 2.91. The highest BCUT2D eigenvalue weighted by Gasteiger charge is 2.12. The molecule has 0 radical (unpaired) electrons. The number of anilines is 2. The van der Waals surface area contributed by atoms with Gasteiger partial charge in [-0.1, -0.05) is 0 Å². The van der Waals surface area contributed by atoms with Crippen molar-refractivity contribution in [3.8, 4) is 11.6 Å². The van der Waals surface area contributed by atoms with E-state index in [9.17, 15) is 4.79 Å². The van der Waals surface area contributed by atoms with Gasteiger partial charge < -0.3 is 10.5 Å². The lowest BCUT2D eigenvalue weighted by Crippen LogP contribution is -2.30. The fourth-order valence-corrected chi connectivity index (χ4v) is 1.76. The number of hydrogen-bond donors (Lipinski definition) is 3. The zero-order valence-electron chi connectivity index (χ0n) is 12.4. The van der Waals surface area contributed by atoms with Crippen LogP contribution in [0.25, 0.3) is 0 Å². The molecule has 120 valence electrons. The number of carbonyl (C=O) groups excluding carboxylic acids is 1. The van der Waals surface area contributed by atoms with Gasteiger partial charge in [0.15, 0.2) is 5.82 Å². The van der Waals surface area contributed by atoms with Gasteiger partial charge in [-0.3, -0.25) is 25.6 Å². The van der Waals surface area contributed by atoms with Crippen LogP contribution in [0.15, 0.2) is 55.4 Å². The second-order valence-electron chi connectivity index (χ2n) is 4.55. The van der Waals surface area contributed by atoms with Crippen LogP contribution in [0, 0.1) is 0 Å². The van der Waals surface area contributed by atoms with Gasteiger partial charge in [0, 0.05) is 18.6 Å². The van der Waals surface area contributed by atoms with Crippen LogP contribution in [0.1, 0.15) is 10.4 Å². The van der Waals surface area contributed by atoms with Gasteiger partial charge in [0.1, 0.15) is 17.8 Å². The fraction of sp³-hybridized carbons (Fsp3) is 0. The summed E-state index contributed by atoms with van der Waals surface area (Å²) in [6.45, 7) is 0. The van der Waals surface area contributed by atoms with Crippen LogP contribution in [-0.4, -0.2) is 25.8 Å². The maximum absolute atomic E-state index is 12.0. The number of hydrazine groups is 1. The number of pyridine rings is 2. The normalized spacial score (nSPS) is 10.0.